The summed E-state index contributed by atoms with van der Waals surface area (Å²) in [5, 5.41) is 10.7. The van der Waals surface area contributed by atoms with Crippen LogP contribution in [0.2, 0.25) is 0 Å². The van der Waals surface area contributed by atoms with E-state index >= 15 is 0 Å². The molecule has 0 spiro atoms. The predicted octanol–water partition coefficient (Wildman–Crippen LogP) is 4.10. The summed E-state index contributed by atoms with van der Waals surface area (Å²) in [6, 6.07) is 8.37. The lowest BCUT2D eigenvalue weighted by molar-refractivity contribution is 0.305. The fourth-order valence-electron chi connectivity index (χ4n) is 2.06. The first-order valence-corrected chi connectivity index (χ1v) is 7.88. The predicted molar refractivity (Wildman–Crippen MR) is 87.9 cm³/mol. The lowest BCUT2D eigenvalue weighted by Gasteiger charge is -2.14. The van der Waals surface area contributed by atoms with Crippen LogP contribution in [-0.4, -0.2) is 11.7 Å². The summed E-state index contributed by atoms with van der Waals surface area (Å²) in [4.78, 5) is 1.13. The molecule has 0 atom stereocenters. The van der Waals surface area contributed by atoms with Crippen LogP contribution in [0.1, 0.15) is 41.3 Å². The number of rotatable bonds is 4. The van der Waals surface area contributed by atoms with Crippen LogP contribution < -0.4 is 4.74 Å². The standard InChI is InChI=1S/C18H20O2S/c1-13(2)17-7-6-14(3)9-18(17)20-11-16-10-15(12-21-16)5-4-8-19/h6-7,9-10,12-13,19H,8,11H2,1-3H3. The maximum absolute atomic E-state index is 8.70. The molecule has 0 fully saturated rings. The van der Waals surface area contributed by atoms with E-state index in [4.69, 9.17) is 9.84 Å². The van der Waals surface area contributed by atoms with E-state index in [-0.39, 0.29) is 6.61 Å². The van der Waals surface area contributed by atoms with Gasteiger partial charge in [0.1, 0.15) is 19.0 Å². The van der Waals surface area contributed by atoms with Crippen LogP contribution in [0.25, 0.3) is 0 Å². The van der Waals surface area contributed by atoms with E-state index < -0.39 is 0 Å². The zero-order valence-corrected chi connectivity index (χ0v) is 13.5. The number of ether oxygens (including phenoxy) is 1. The summed E-state index contributed by atoms with van der Waals surface area (Å²) in [6.07, 6.45) is 0. The van der Waals surface area contributed by atoms with Crippen molar-refractivity contribution in [2.45, 2.75) is 33.3 Å². The fraction of sp³-hybridized carbons (Fsp3) is 0.333. The highest BCUT2D eigenvalue weighted by Gasteiger charge is 2.09. The van der Waals surface area contributed by atoms with Crippen LogP contribution in [0, 0.1) is 18.8 Å². The number of aryl methyl sites for hydroxylation is 1. The average Bonchev–Trinajstić information content (AvgIpc) is 2.90. The van der Waals surface area contributed by atoms with Crippen molar-refractivity contribution in [3.05, 3.63) is 51.2 Å². The zero-order chi connectivity index (χ0) is 15.2. The van der Waals surface area contributed by atoms with Gasteiger partial charge in [-0.05, 0) is 36.1 Å². The van der Waals surface area contributed by atoms with Crippen molar-refractivity contribution >= 4 is 11.3 Å². The van der Waals surface area contributed by atoms with Gasteiger partial charge in [-0.15, -0.1) is 11.3 Å². The molecular formula is C18H20O2S. The highest BCUT2D eigenvalue weighted by atomic mass is 32.1. The van der Waals surface area contributed by atoms with Crippen LogP contribution in [0.5, 0.6) is 5.75 Å². The van der Waals surface area contributed by atoms with Crippen LogP contribution in [0.4, 0.5) is 0 Å². The number of aliphatic hydroxyl groups is 1. The number of hydrogen-bond acceptors (Lipinski definition) is 3. The van der Waals surface area contributed by atoms with Crippen LogP contribution >= 0.6 is 11.3 Å². The van der Waals surface area contributed by atoms with Crippen molar-refractivity contribution in [1.82, 2.24) is 0 Å². The molecule has 1 N–H and O–H groups in total. The molecule has 21 heavy (non-hydrogen) atoms. The highest BCUT2D eigenvalue weighted by molar-refractivity contribution is 7.10. The third-order valence-corrected chi connectivity index (χ3v) is 4.04. The van der Waals surface area contributed by atoms with Gasteiger partial charge in [0.15, 0.2) is 0 Å². The highest BCUT2D eigenvalue weighted by Crippen LogP contribution is 2.28. The minimum absolute atomic E-state index is 0.108. The Morgan fingerprint density at radius 1 is 1.29 bits per heavy atom. The van der Waals surface area contributed by atoms with Gasteiger partial charge in [-0.2, -0.15) is 0 Å². The molecule has 0 amide bonds. The summed E-state index contributed by atoms with van der Waals surface area (Å²) in [5.74, 6) is 6.96. The summed E-state index contributed by atoms with van der Waals surface area (Å²) in [7, 11) is 0. The van der Waals surface area contributed by atoms with Crippen molar-refractivity contribution in [2.24, 2.45) is 0 Å². The van der Waals surface area contributed by atoms with Gasteiger partial charge in [0, 0.05) is 15.8 Å². The largest absolute Gasteiger partial charge is 0.488 e. The fourth-order valence-corrected chi connectivity index (χ4v) is 2.78. The first kappa shape index (κ1) is 15.6. The van der Waals surface area contributed by atoms with Crippen molar-refractivity contribution in [3.63, 3.8) is 0 Å². The third kappa shape index (κ3) is 4.35. The smallest absolute Gasteiger partial charge is 0.123 e. The molecule has 0 saturated carbocycles. The van der Waals surface area contributed by atoms with Gasteiger partial charge >= 0.3 is 0 Å². The van der Waals surface area contributed by atoms with E-state index in [2.05, 4.69) is 50.8 Å². The van der Waals surface area contributed by atoms with E-state index in [1.807, 2.05) is 11.4 Å². The molecule has 0 radical (unpaired) electrons. The number of benzene rings is 1. The van der Waals surface area contributed by atoms with Crippen molar-refractivity contribution < 1.29 is 9.84 Å². The van der Waals surface area contributed by atoms with E-state index in [1.54, 1.807) is 11.3 Å². The normalized spacial score (nSPS) is 10.3. The summed E-state index contributed by atoms with van der Waals surface area (Å²) in [6.45, 7) is 6.86. The third-order valence-electron chi connectivity index (χ3n) is 3.13. The summed E-state index contributed by atoms with van der Waals surface area (Å²) in [5.41, 5.74) is 3.37. The Labute approximate surface area is 130 Å². The van der Waals surface area contributed by atoms with E-state index in [1.165, 1.54) is 11.1 Å². The molecule has 0 aliphatic carbocycles. The van der Waals surface area contributed by atoms with Gasteiger partial charge in [-0.25, -0.2) is 0 Å². The van der Waals surface area contributed by atoms with E-state index in [9.17, 15) is 0 Å². The Balaban J connectivity index is 2.09. The van der Waals surface area contributed by atoms with Crippen molar-refractivity contribution in [2.75, 3.05) is 6.61 Å². The Kier molecular flexibility index (Phi) is 5.44. The van der Waals surface area contributed by atoms with Crippen molar-refractivity contribution in [3.8, 4) is 17.6 Å². The van der Waals surface area contributed by atoms with Crippen molar-refractivity contribution in [1.29, 1.82) is 0 Å². The molecule has 0 bridgehead atoms. The van der Waals surface area contributed by atoms with Crippen LogP contribution in [0.15, 0.2) is 29.6 Å². The van der Waals surface area contributed by atoms with Gasteiger partial charge in [0.25, 0.3) is 0 Å². The molecule has 0 saturated heterocycles. The first-order valence-electron chi connectivity index (χ1n) is 7.00. The quantitative estimate of drug-likeness (QED) is 0.861. The maximum Gasteiger partial charge on any atom is 0.123 e. The summed E-state index contributed by atoms with van der Waals surface area (Å²) < 4.78 is 6.00. The van der Waals surface area contributed by atoms with E-state index in [0.29, 0.717) is 12.5 Å². The van der Waals surface area contributed by atoms with Gasteiger partial charge < -0.3 is 9.84 Å². The van der Waals surface area contributed by atoms with Gasteiger partial charge in [0.05, 0.1) is 0 Å². The molecule has 1 heterocycles. The Morgan fingerprint density at radius 3 is 2.81 bits per heavy atom. The minimum atomic E-state index is -0.108. The SMILES string of the molecule is Cc1ccc(C(C)C)c(OCc2cc(C#CCO)cs2)c1. The van der Waals surface area contributed by atoms with Gasteiger partial charge in [0.2, 0.25) is 0 Å². The van der Waals surface area contributed by atoms with Gasteiger partial charge in [-0.3, -0.25) is 0 Å². The number of aliphatic hydroxyl groups excluding tert-OH is 1. The number of thiophene rings is 1. The molecule has 0 aliphatic rings. The topological polar surface area (TPSA) is 29.5 Å². The minimum Gasteiger partial charge on any atom is -0.488 e. The Hall–Kier alpha value is -1.76. The first-order chi connectivity index (χ1) is 10.1. The molecule has 2 aromatic rings. The molecule has 3 heteroatoms. The molecule has 2 rings (SSSR count). The van der Waals surface area contributed by atoms with Crippen LogP contribution in [-0.2, 0) is 6.61 Å². The second-order valence-electron chi connectivity index (χ2n) is 5.25. The Bertz CT molecular complexity index is 659. The monoisotopic (exact) mass is 300 g/mol. The summed E-state index contributed by atoms with van der Waals surface area (Å²) >= 11 is 1.63. The number of hydrogen-bond donors (Lipinski definition) is 1. The maximum atomic E-state index is 8.70. The molecule has 2 nitrogen and oxygen atoms in total. The molecule has 110 valence electrons. The Morgan fingerprint density at radius 2 is 2.10 bits per heavy atom. The lowest BCUT2D eigenvalue weighted by atomic mass is 10.0. The molecule has 1 aromatic heterocycles. The molecular weight excluding hydrogens is 280 g/mol. The van der Waals surface area contributed by atoms with Crippen LogP contribution in [0.3, 0.4) is 0 Å². The second-order valence-corrected chi connectivity index (χ2v) is 6.24. The van der Waals surface area contributed by atoms with Gasteiger partial charge in [-0.1, -0.05) is 37.8 Å². The molecule has 0 aliphatic heterocycles. The zero-order valence-electron chi connectivity index (χ0n) is 12.6. The molecule has 1 aromatic carbocycles. The van der Waals surface area contributed by atoms with E-state index in [0.717, 1.165) is 16.2 Å². The average molecular weight is 300 g/mol. The lowest BCUT2D eigenvalue weighted by Crippen LogP contribution is -1.99. The second kappa shape index (κ2) is 7.31. The molecule has 0 unspecified atom stereocenters.